The van der Waals surface area contributed by atoms with Gasteiger partial charge in [-0.15, -0.1) is 0 Å². The van der Waals surface area contributed by atoms with E-state index in [2.05, 4.69) is 30.3 Å². The number of alkyl halides is 5. The van der Waals surface area contributed by atoms with Gasteiger partial charge >= 0.3 is 6.18 Å². The Kier molecular flexibility index (Phi) is 5.09. The van der Waals surface area contributed by atoms with E-state index >= 15 is 0 Å². The summed E-state index contributed by atoms with van der Waals surface area (Å²) in [6, 6.07) is 2.65. The highest BCUT2D eigenvalue weighted by Crippen LogP contribution is 2.41. The van der Waals surface area contributed by atoms with Gasteiger partial charge in [-0.2, -0.15) is 18.3 Å². The van der Waals surface area contributed by atoms with Gasteiger partial charge in [-0.3, -0.25) is 0 Å². The maximum atomic E-state index is 12.7. The van der Waals surface area contributed by atoms with Gasteiger partial charge in [-0.1, -0.05) is 0 Å². The molecule has 1 aliphatic carbocycles. The van der Waals surface area contributed by atoms with Gasteiger partial charge in [0.2, 0.25) is 0 Å². The van der Waals surface area contributed by atoms with E-state index in [-0.39, 0.29) is 6.04 Å². The van der Waals surface area contributed by atoms with Gasteiger partial charge < -0.3 is 10.2 Å². The molecule has 170 valence electrons. The van der Waals surface area contributed by atoms with Crippen molar-refractivity contribution in [2.24, 2.45) is 11.8 Å². The molecule has 0 aromatic carbocycles. The fourth-order valence-corrected chi connectivity index (χ4v) is 4.76. The van der Waals surface area contributed by atoms with Crippen LogP contribution in [0.4, 0.5) is 33.5 Å². The van der Waals surface area contributed by atoms with Crippen LogP contribution in [0.25, 0.3) is 11.2 Å². The molecule has 1 aliphatic heterocycles. The first-order chi connectivity index (χ1) is 15.3. The second-order valence-electron chi connectivity index (χ2n) is 8.32. The van der Waals surface area contributed by atoms with Gasteiger partial charge in [0.15, 0.2) is 5.65 Å². The van der Waals surface area contributed by atoms with Crippen LogP contribution in [0.3, 0.4) is 0 Å². The molecule has 2 fully saturated rings. The largest absolute Gasteiger partial charge is 0.433 e. The van der Waals surface area contributed by atoms with Gasteiger partial charge in [-0.05, 0) is 36.8 Å². The zero-order valence-corrected chi connectivity index (χ0v) is 16.8. The van der Waals surface area contributed by atoms with Crippen LogP contribution in [0.2, 0.25) is 0 Å². The molecule has 32 heavy (non-hydrogen) atoms. The molecule has 0 unspecified atom stereocenters. The van der Waals surface area contributed by atoms with Gasteiger partial charge in [0.05, 0.1) is 24.3 Å². The van der Waals surface area contributed by atoms with Crippen molar-refractivity contribution in [1.29, 1.82) is 0 Å². The molecular weight excluding hydrogens is 433 g/mol. The van der Waals surface area contributed by atoms with Crippen LogP contribution in [-0.2, 0) is 12.7 Å². The summed E-state index contributed by atoms with van der Waals surface area (Å²) in [5.74, 6) is 1.31. The van der Waals surface area contributed by atoms with E-state index < -0.39 is 24.8 Å². The van der Waals surface area contributed by atoms with Crippen LogP contribution in [0.15, 0.2) is 30.7 Å². The number of rotatable bonds is 5. The van der Waals surface area contributed by atoms with E-state index in [0.717, 1.165) is 36.7 Å². The molecule has 0 radical (unpaired) electrons. The minimum absolute atomic E-state index is 0.163. The van der Waals surface area contributed by atoms with Crippen LogP contribution in [-0.4, -0.2) is 50.3 Å². The Balaban J connectivity index is 1.21. The lowest BCUT2D eigenvalue weighted by Gasteiger charge is -2.22. The zero-order chi connectivity index (χ0) is 22.5. The topological polar surface area (TPSA) is 71.8 Å². The van der Waals surface area contributed by atoms with Crippen molar-refractivity contribution in [2.75, 3.05) is 23.3 Å². The number of anilines is 2. The summed E-state index contributed by atoms with van der Waals surface area (Å²) < 4.78 is 64.8. The van der Waals surface area contributed by atoms with Crippen LogP contribution < -0.4 is 10.2 Å². The molecule has 1 N–H and O–H groups in total. The van der Waals surface area contributed by atoms with E-state index in [1.54, 1.807) is 6.20 Å². The lowest BCUT2D eigenvalue weighted by atomic mass is 10.0. The van der Waals surface area contributed by atoms with Crippen LogP contribution in [0.5, 0.6) is 0 Å². The number of nitrogens with zero attached hydrogens (tertiary/aromatic N) is 6. The van der Waals surface area contributed by atoms with E-state index in [0.29, 0.717) is 34.5 Å². The first-order valence-electron chi connectivity index (χ1n) is 10.3. The Morgan fingerprint density at radius 2 is 1.78 bits per heavy atom. The van der Waals surface area contributed by atoms with Gasteiger partial charge in [0.25, 0.3) is 6.43 Å². The molecule has 12 heteroatoms. The summed E-state index contributed by atoms with van der Waals surface area (Å²) >= 11 is 0. The average Bonchev–Trinajstić information content (AvgIpc) is 3.41. The summed E-state index contributed by atoms with van der Waals surface area (Å²) in [6.45, 7) is 0.966. The highest BCUT2D eigenvalue weighted by Gasteiger charge is 2.41. The number of pyridine rings is 1. The molecule has 2 aliphatic rings. The number of halogens is 5. The molecule has 7 nitrogen and oxygen atoms in total. The molecular formula is C20H20F5N7. The molecule has 0 bridgehead atoms. The van der Waals surface area contributed by atoms with E-state index in [4.69, 9.17) is 0 Å². The summed E-state index contributed by atoms with van der Waals surface area (Å²) in [6.07, 6.45) is -0.941. The first kappa shape index (κ1) is 20.8. The van der Waals surface area contributed by atoms with Crippen LogP contribution in [0.1, 0.15) is 18.5 Å². The Labute approximate surface area is 179 Å². The molecule has 5 rings (SSSR count). The first-order valence-corrected chi connectivity index (χ1v) is 10.3. The Hall–Kier alpha value is -3.05. The Bertz CT molecular complexity index is 1080. The monoisotopic (exact) mass is 453 g/mol. The van der Waals surface area contributed by atoms with Gasteiger partial charge in [0.1, 0.15) is 23.6 Å². The lowest BCUT2D eigenvalue weighted by Crippen LogP contribution is -2.25. The predicted molar refractivity (Wildman–Crippen MR) is 106 cm³/mol. The van der Waals surface area contributed by atoms with Crippen molar-refractivity contribution in [2.45, 2.75) is 38.0 Å². The quantitative estimate of drug-likeness (QED) is 0.592. The maximum Gasteiger partial charge on any atom is 0.433 e. The van der Waals surface area contributed by atoms with Crippen LogP contribution in [0, 0.1) is 11.8 Å². The van der Waals surface area contributed by atoms with Crippen molar-refractivity contribution in [1.82, 2.24) is 24.7 Å². The van der Waals surface area contributed by atoms with Crippen molar-refractivity contribution in [3.63, 3.8) is 0 Å². The van der Waals surface area contributed by atoms with Crippen molar-refractivity contribution < 1.29 is 22.0 Å². The SMILES string of the molecule is FC(F)Cn1ncc2ncc(N[C@@H]3C[C@@H]4CN(c5ccc(C(F)(F)F)nc5)C[C@@H]4C3)nc21. The molecule has 1 saturated heterocycles. The molecule has 0 spiro atoms. The fourth-order valence-electron chi connectivity index (χ4n) is 4.76. The van der Waals surface area contributed by atoms with Gasteiger partial charge in [0, 0.05) is 19.1 Å². The van der Waals surface area contributed by atoms with Crippen molar-refractivity contribution in [3.05, 3.63) is 36.4 Å². The number of nitrogens with one attached hydrogen (secondary N) is 1. The smallest absolute Gasteiger partial charge is 0.370 e. The maximum absolute atomic E-state index is 12.7. The Morgan fingerprint density at radius 1 is 1.03 bits per heavy atom. The third-order valence-electron chi connectivity index (χ3n) is 6.16. The second kappa shape index (κ2) is 7.82. The van der Waals surface area contributed by atoms with Crippen LogP contribution >= 0.6 is 0 Å². The highest BCUT2D eigenvalue weighted by atomic mass is 19.4. The predicted octanol–water partition coefficient (Wildman–Crippen LogP) is 3.83. The number of aromatic nitrogens is 5. The number of hydrogen-bond acceptors (Lipinski definition) is 6. The summed E-state index contributed by atoms with van der Waals surface area (Å²) in [4.78, 5) is 14.3. The molecule has 3 atom stereocenters. The van der Waals surface area contributed by atoms with Crippen molar-refractivity contribution in [3.8, 4) is 0 Å². The summed E-state index contributed by atoms with van der Waals surface area (Å²) in [7, 11) is 0. The third kappa shape index (κ3) is 4.05. The molecule has 4 heterocycles. The minimum Gasteiger partial charge on any atom is -0.370 e. The summed E-state index contributed by atoms with van der Waals surface area (Å²) in [5.41, 5.74) is 0.577. The highest BCUT2D eigenvalue weighted by molar-refractivity contribution is 5.71. The summed E-state index contributed by atoms with van der Waals surface area (Å²) in [5, 5.41) is 7.27. The lowest BCUT2D eigenvalue weighted by molar-refractivity contribution is -0.141. The Morgan fingerprint density at radius 3 is 2.41 bits per heavy atom. The molecule has 3 aromatic heterocycles. The number of fused-ring (bicyclic) bond motifs is 2. The standard InChI is InChI=1S/C20H20F5N7/c21-17(22)10-32-19-15(6-28-32)26-7-18(30-19)29-13-3-11-8-31(9-12(11)4-13)14-1-2-16(27-5-14)20(23,24)25/h1-2,5-7,11-13,17H,3-4,8-10H2,(H,29,30)/t11-,12+,13-. The number of hydrogen-bond donors (Lipinski definition) is 1. The second-order valence-corrected chi connectivity index (χ2v) is 8.32. The van der Waals surface area contributed by atoms with E-state index in [9.17, 15) is 22.0 Å². The normalized spacial score (nSPS) is 23.3. The molecule has 1 saturated carbocycles. The van der Waals surface area contributed by atoms with E-state index in [1.807, 2.05) is 0 Å². The average molecular weight is 453 g/mol. The molecule has 3 aromatic rings. The minimum atomic E-state index is -4.44. The zero-order valence-electron chi connectivity index (χ0n) is 16.8. The van der Waals surface area contributed by atoms with E-state index in [1.165, 1.54) is 18.5 Å². The van der Waals surface area contributed by atoms with Gasteiger partial charge in [-0.25, -0.2) is 28.4 Å². The molecule has 0 amide bonds. The fraction of sp³-hybridized carbons (Fsp3) is 0.500. The third-order valence-corrected chi connectivity index (χ3v) is 6.16. The van der Waals surface area contributed by atoms with Crippen molar-refractivity contribution >= 4 is 22.7 Å².